The summed E-state index contributed by atoms with van der Waals surface area (Å²) in [6, 6.07) is 21.6. The first-order valence-electron chi connectivity index (χ1n) is 12.8. The molecule has 3 aromatic carbocycles. The first-order chi connectivity index (χ1) is 18.8. The van der Waals surface area contributed by atoms with Crippen molar-refractivity contribution >= 4 is 52.2 Å². The Balaban J connectivity index is 0.00000370. The van der Waals surface area contributed by atoms with Crippen molar-refractivity contribution < 1.29 is 14.3 Å². The van der Waals surface area contributed by atoms with Gasteiger partial charge in [-0.15, -0.1) is 12.4 Å². The molecule has 0 unspecified atom stereocenters. The standard InChI is InChI=1S/C31H30N4O3S.ClH/c1-19(2)25-14-7-21(4)17-27(25)38-16-15-37-24-12-8-22(9-13-24)18-26-28(32)35-31(33-29(26)36)39-30(34-35)23-10-5-20(3)6-11-23;/h5-14,17-19,32H,15-16H2,1-4H3;1H. The molecule has 0 saturated heterocycles. The second-order valence-electron chi connectivity index (χ2n) is 9.75. The van der Waals surface area contributed by atoms with Crippen LogP contribution in [0.15, 0.2) is 82.4 Å². The number of hydrogen-bond donors (Lipinski definition) is 1. The predicted molar refractivity (Wildman–Crippen MR) is 165 cm³/mol. The summed E-state index contributed by atoms with van der Waals surface area (Å²) in [5.41, 5.74) is 5.37. The number of carbonyl (C=O) groups excluding carboxylic acids is 1. The SMILES string of the molecule is Cc1ccc(C2=NN3C(=N)C(=Cc4ccc(OCCOc5cc(C)ccc5C(C)C)cc4)C(=O)N=C3S2)cc1.Cl. The largest absolute Gasteiger partial charge is 0.490 e. The van der Waals surface area contributed by atoms with E-state index in [1.54, 1.807) is 6.08 Å². The summed E-state index contributed by atoms with van der Waals surface area (Å²) >= 11 is 1.29. The Bertz CT molecular complexity index is 1510. The quantitative estimate of drug-likeness (QED) is 0.232. The van der Waals surface area contributed by atoms with Gasteiger partial charge in [-0.2, -0.15) is 15.1 Å². The Morgan fingerprint density at radius 2 is 1.62 bits per heavy atom. The number of benzene rings is 3. The summed E-state index contributed by atoms with van der Waals surface area (Å²) in [5, 5.41) is 15.7. The van der Waals surface area contributed by atoms with Crippen LogP contribution in [0.3, 0.4) is 0 Å². The van der Waals surface area contributed by atoms with E-state index in [1.807, 2.05) is 55.5 Å². The van der Waals surface area contributed by atoms with Crippen LogP contribution in [0.25, 0.3) is 6.08 Å². The monoisotopic (exact) mass is 574 g/mol. The smallest absolute Gasteiger partial charge is 0.283 e. The summed E-state index contributed by atoms with van der Waals surface area (Å²) < 4.78 is 11.9. The fraction of sp³-hybridized carbons (Fsp3) is 0.226. The number of fused-ring (bicyclic) bond motifs is 1. The van der Waals surface area contributed by atoms with Crippen molar-refractivity contribution in [3.05, 3.63) is 100 Å². The Morgan fingerprint density at radius 3 is 2.33 bits per heavy atom. The molecular weight excluding hydrogens is 544 g/mol. The first-order valence-corrected chi connectivity index (χ1v) is 13.6. The molecule has 0 aromatic heterocycles. The molecule has 0 bridgehead atoms. The summed E-state index contributed by atoms with van der Waals surface area (Å²) in [7, 11) is 0. The van der Waals surface area contributed by atoms with E-state index in [1.165, 1.54) is 22.3 Å². The Kier molecular flexibility index (Phi) is 9.12. The van der Waals surface area contributed by atoms with Crippen molar-refractivity contribution in [1.82, 2.24) is 5.01 Å². The van der Waals surface area contributed by atoms with Crippen LogP contribution in [0.5, 0.6) is 11.5 Å². The van der Waals surface area contributed by atoms with Gasteiger partial charge in [-0.1, -0.05) is 67.9 Å². The van der Waals surface area contributed by atoms with Gasteiger partial charge in [0.25, 0.3) is 5.91 Å². The van der Waals surface area contributed by atoms with Gasteiger partial charge in [-0.3, -0.25) is 10.2 Å². The molecule has 0 fully saturated rings. The highest BCUT2D eigenvalue weighted by Gasteiger charge is 2.36. The number of halogens is 1. The molecule has 2 heterocycles. The van der Waals surface area contributed by atoms with E-state index in [-0.39, 0.29) is 23.8 Å². The number of hydrogen-bond acceptors (Lipinski definition) is 6. The van der Waals surface area contributed by atoms with Crippen LogP contribution in [-0.4, -0.2) is 40.2 Å². The molecule has 0 aliphatic carbocycles. The maximum absolute atomic E-state index is 12.8. The number of aliphatic imine (C=N–C) groups is 1. The lowest BCUT2D eigenvalue weighted by Crippen LogP contribution is -2.35. The Labute approximate surface area is 244 Å². The first kappa shape index (κ1) is 29.1. The highest BCUT2D eigenvalue weighted by molar-refractivity contribution is 8.27. The van der Waals surface area contributed by atoms with Gasteiger partial charge >= 0.3 is 0 Å². The van der Waals surface area contributed by atoms with Crippen molar-refractivity contribution in [2.24, 2.45) is 10.1 Å². The van der Waals surface area contributed by atoms with Crippen molar-refractivity contribution in [3.8, 4) is 11.5 Å². The zero-order valence-electron chi connectivity index (χ0n) is 22.8. The fourth-order valence-electron chi connectivity index (χ4n) is 4.19. The molecule has 9 heteroatoms. The lowest BCUT2D eigenvalue weighted by Gasteiger charge is -2.20. The van der Waals surface area contributed by atoms with Crippen molar-refractivity contribution in [2.75, 3.05) is 13.2 Å². The molecule has 1 amide bonds. The van der Waals surface area contributed by atoms with Gasteiger partial charge in [0.15, 0.2) is 5.84 Å². The third-order valence-electron chi connectivity index (χ3n) is 6.34. The number of rotatable bonds is 8. The minimum absolute atomic E-state index is 0. The lowest BCUT2D eigenvalue weighted by molar-refractivity contribution is -0.114. The van der Waals surface area contributed by atoms with Crippen LogP contribution < -0.4 is 9.47 Å². The molecule has 1 N–H and O–H groups in total. The van der Waals surface area contributed by atoms with E-state index in [0.29, 0.717) is 35.1 Å². The third kappa shape index (κ3) is 6.46. The van der Waals surface area contributed by atoms with Gasteiger partial charge in [0.05, 0.1) is 5.57 Å². The van der Waals surface area contributed by atoms with Crippen molar-refractivity contribution in [2.45, 2.75) is 33.6 Å². The zero-order valence-corrected chi connectivity index (χ0v) is 24.4. The molecule has 0 saturated carbocycles. The second kappa shape index (κ2) is 12.5. The highest BCUT2D eigenvalue weighted by Crippen LogP contribution is 2.31. The van der Waals surface area contributed by atoms with E-state index >= 15 is 0 Å². The summed E-state index contributed by atoms with van der Waals surface area (Å²) in [6.45, 7) is 9.21. The molecule has 206 valence electrons. The Morgan fingerprint density at radius 1 is 0.950 bits per heavy atom. The molecular formula is C31H31ClN4O3S. The van der Waals surface area contributed by atoms with Crippen LogP contribution in [-0.2, 0) is 4.79 Å². The van der Waals surface area contributed by atoms with Crippen LogP contribution in [0, 0.1) is 19.3 Å². The number of amidine groups is 2. The lowest BCUT2D eigenvalue weighted by atomic mass is 10.0. The molecule has 0 radical (unpaired) electrons. The number of carbonyl (C=O) groups is 1. The highest BCUT2D eigenvalue weighted by atomic mass is 35.5. The van der Waals surface area contributed by atoms with E-state index in [4.69, 9.17) is 14.9 Å². The normalized spacial score (nSPS) is 15.5. The predicted octanol–water partition coefficient (Wildman–Crippen LogP) is 6.97. The van der Waals surface area contributed by atoms with Crippen molar-refractivity contribution in [3.63, 3.8) is 0 Å². The molecule has 2 aliphatic rings. The Hall–Kier alpha value is -3.88. The van der Waals surface area contributed by atoms with Gasteiger partial charge < -0.3 is 9.47 Å². The van der Waals surface area contributed by atoms with Crippen LogP contribution in [0.2, 0.25) is 0 Å². The maximum atomic E-state index is 12.8. The number of nitrogens with one attached hydrogen (secondary N) is 1. The minimum Gasteiger partial charge on any atom is -0.490 e. The summed E-state index contributed by atoms with van der Waals surface area (Å²) in [6.07, 6.45) is 1.66. The van der Waals surface area contributed by atoms with E-state index in [0.717, 1.165) is 28.0 Å². The van der Waals surface area contributed by atoms with Gasteiger partial charge in [0.2, 0.25) is 5.17 Å². The third-order valence-corrected chi connectivity index (χ3v) is 7.30. The number of amides is 1. The van der Waals surface area contributed by atoms with Gasteiger partial charge in [-0.05, 0) is 72.5 Å². The van der Waals surface area contributed by atoms with Crippen LogP contribution in [0.1, 0.15) is 47.6 Å². The van der Waals surface area contributed by atoms with Gasteiger partial charge in [-0.25, -0.2) is 0 Å². The number of nitrogens with zero attached hydrogens (tertiary/aromatic N) is 3. The van der Waals surface area contributed by atoms with E-state index < -0.39 is 5.91 Å². The van der Waals surface area contributed by atoms with Crippen LogP contribution >= 0.6 is 24.2 Å². The summed E-state index contributed by atoms with van der Waals surface area (Å²) in [5.74, 6) is 1.53. The van der Waals surface area contributed by atoms with Crippen molar-refractivity contribution in [1.29, 1.82) is 5.41 Å². The van der Waals surface area contributed by atoms with Gasteiger partial charge in [0, 0.05) is 5.56 Å². The molecule has 40 heavy (non-hydrogen) atoms. The average Bonchev–Trinajstić information content (AvgIpc) is 3.34. The maximum Gasteiger partial charge on any atom is 0.283 e. The number of thioether (sulfide) groups is 1. The number of aryl methyl sites for hydroxylation is 2. The molecule has 7 nitrogen and oxygen atoms in total. The zero-order chi connectivity index (χ0) is 27.5. The van der Waals surface area contributed by atoms with E-state index in [9.17, 15) is 4.79 Å². The molecule has 0 atom stereocenters. The van der Waals surface area contributed by atoms with Crippen LogP contribution in [0.4, 0.5) is 0 Å². The number of ether oxygens (including phenoxy) is 2. The number of hydrazone groups is 1. The molecule has 5 rings (SSSR count). The molecule has 3 aromatic rings. The minimum atomic E-state index is -0.450. The molecule has 2 aliphatic heterocycles. The average molecular weight is 575 g/mol. The fourth-order valence-corrected chi connectivity index (χ4v) is 5.08. The second-order valence-corrected chi connectivity index (χ2v) is 10.7. The van der Waals surface area contributed by atoms with Gasteiger partial charge in [0.1, 0.15) is 29.8 Å². The topological polar surface area (TPSA) is 87.3 Å². The summed E-state index contributed by atoms with van der Waals surface area (Å²) in [4.78, 5) is 16.9. The molecule has 0 spiro atoms. The van der Waals surface area contributed by atoms with E-state index in [2.05, 4.69) is 49.1 Å².